The Balaban J connectivity index is 2.03. The monoisotopic (exact) mass is 266 g/mol. The molecule has 0 aliphatic carbocycles. The van der Waals surface area contributed by atoms with E-state index in [0.29, 0.717) is 30.0 Å². The fourth-order valence-corrected chi connectivity index (χ4v) is 2.46. The van der Waals surface area contributed by atoms with Gasteiger partial charge in [-0.2, -0.15) is 0 Å². The summed E-state index contributed by atoms with van der Waals surface area (Å²) in [6, 6.07) is 0. The number of carbonyl (C=O) groups excluding carboxylic acids is 1. The van der Waals surface area contributed by atoms with Crippen LogP contribution in [0.3, 0.4) is 0 Å². The third-order valence-electron chi connectivity index (χ3n) is 3.57. The van der Waals surface area contributed by atoms with Crippen LogP contribution in [-0.2, 0) is 11.2 Å². The van der Waals surface area contributed by atoms with Gasteiger partial charge in [0.15, 0.2) is 0 Å². The number of rotatable bonds is 4. The lowest BCUT2D eigenvalue weighted by Gasteiger charge is -2.27. The molecule has 0 unspecified atom stereocenters. The summed E-state index contributed by atoms with van der Waals surface area (Å²) in [4.78, 5) is 14.2. The summed E-state index contributed by atoms with van der Waals surface area (Å²) in [6.07, 6.45) is 4.17. The van der Waals surface area contributed by atoms with Crippen LogP contribution in [0.4, 0.5) is 0 Å². The second kappa shape index (κ2) is 6.19. The molecule has 1 aliphatic heterocycles. The van der Waals surface area contributed by atoms with Crippen molar-refractivity contribution < 1.29 is 14.1 Å². The smallest absolute Gasteiger partial charge is 0.259 e. The molecule has 0 saturated carbocycles. The molecular formula is C14H22N2O3. The van der Waals surface area contributed by atoms with Crippen LogP contribution in [0, 0.1) is 6.92 Å². The van der Waals surface area contributed by atoms with Gasteiger partial charge in [0, 0.05) is 26.6 Å². The minimum atomic E-state index is -0.0234. The summed E-state index contributed by atoms with van der Waals surface area (Å²) in [5.74, 6) is 0.642. The third kappa shape index (κ3) is 3.15. The van der Waals surface area contributed by atoms with E-state index < -0.39 is 0 Å². The quantitative estimate of drug-likeness (QED) is 0.838. The molecule has 0 radical (unpaired) electrons. The number of aryl methyl sites for hydroxylation is 2. The molecule has 2 rings (SSSR count). The van der Waals surface area contributed by atoms with Crippen molar-refractivity contribution in [3.8, 4) is 0 Å². The van der Waals surface area contributed by atoms with Gasteiger partial charge in [0.25, 0.3) is 5.91 Å². The van der Waals surface area contributed by atoms with Crippen molar-refractivity contribution in [3.05, 3.63) is 17.0 Å². The van der Waals surface area contributed by atoms with Crippen LogP contribution in [0.5, 0.6) is 0 Å². The highest BCUT2D eigenvalue weighted by Gasteiger charge is 2.25. The first-order chi connectivity index (χ1) is 9.13. The first kappa shape index (κ1) is 14.1. The Morgan fingerprint density at radius 2 is 2.26 bits per heavy atom. The van der Waals surface area contributed by atoms with Gasteiger partial charge in [-0.15, -0.1) is 0 Å². The molecule has 0 bridgehead atoms. The van der Waals surface area contributed by atoms with E-state index in [4.69, 9.17) is 9.26 Å². The average Bonchev–Trinajstić information content (AvgIpc) is 2.80. The summed E-state index contributed by atoms with van der Waals surface area (Å²) in [5.41, 5.74) is 1.28. The van der Waals surface area contributed by atoms with Crippen molar-refractivity contribution in [3.63, 3.8) is 0 Å². The molecule has 1 amide bonds. The lowest BCUT2D eigenvalue weighted by atomic mass is 10.1. The highest BCUT2D eigenvalue weighted by Crippen LogP contribution is 2.18. The maximum atomic E-state index is 12.5. The van der Waals surface area contributed by atoms with E-state index >= 15 is 0 Å². The van der Waals surface area contributed by atoms with E-state index in [-0.39, 0.29) is 12.0 Å². The second-order valence-corrected chi connectivity index (χ2v) is 5.09. The lowest BCUT2D eigenvalue weighted by molar-refractivity contribution is -0.000240. The van der Waals surface area contributed by atoms with Crippen LogP contribution >= 0.6 is 0 Å². The van der Waals surface area contributed by atoms with Crippen molar-refractivity contribution in [1.82, 2.24) is 10.1 Å². The van der Waals surface area contributed by atoms with E-state index in [1.807, 2.05) is 14.0 Å². The lowest BCUT2D eigenvalue weighted by Crippen LogP contribution is -2.37. The molecule has 5 nitrogen and oxygen atoms in total. The Hall–Kier alpha value is -1.36. The van der Waals surface area contributed by atoms with Gasteiger partial charge in [-0.3, -0.25) is 4.79 Å². The summed E-state index contributed by atoms with van der Waals surface area (Å²) in [7, 11) is 1.81. The molecule has 106 valence electrons. The van der Waals surface area contributed by atoms with Crippen LogP contribution in [0.1, 0.15) is 48.0 Å². The van der Waals surface area contributed by atoms with E-state index in [9.17, 15) is 4.79 Å². The van der Waals surface area contributed by atoms with Crippen LogP contribution in [0.15, 0.2) is 4.52 Å². The SMILES string of the molecule is CCc1onc(C)c1C(=O)N(C)C[C@@H]1CCCCO1. The Kier molecular flexibility index (Phi) is 4.58. The van der Waals surface area contributed by atoms with Gasteiger partial charge < -0.3 is 14.2 Å². The number of aromatic nitrogens is 1. The fraction of sp³-hybridized carbons (Fsp3) is 0.714. The van der Waals surface area contributed by atoms with Crippen molar-refractivity contribution in [2.45, 2.75) is 45.6 Å². The van der Waals surface area contributed by atoms with Gasteiger partial charge >= 0.3 is 0 Å². The van der Waals surface area contributed by atoms with Crippen molar-refractivity contribution >= 4 is 5.91 Å². The van der Waals surface area contributed by atoms with Gasteiger partial charge in [0.05, 0.1) is 11.8 Å². The molecule has 1 atom stereocenters. The molecule has 1 aliphatic rings. The number of hydrogen-bond donors (Lipinski definition) is 0. The Morgan fingerprint density at radius 1 is 1.47 bits per heavy atom. The van der Waals surface area contributed by atoms with Gasteiger partial charge in [-0.1, -0.05) is 12.1 Å². The van der Waals surface area contributed by atoms with Crippen molar-refractivity contribution in [2.24, 2.45) is 0 Å². The molecule has 0 aromatic carbocycles. The normalized spacial score (nSPS) is 19.4. The number of amides is 1. The van der Waals surface area contributed by atoms with Crippen molar-refractivity contribution in [1.29, 1.82) is 0 Å². The van der Waals surface area contributed by atoms with Crippen molar-refractivity contribution in [2.75, 3.05) is 20.2 Å². The van der Waals surface area contributed by atoms with Gasteiger partial charge in [-0.05, 0) is 26.2 Å². The van der Waals surface area contributed by atoms with E-state index in [1.165, 1.54) is 6.42 Å². The zero-order valence-electron chi connectivity index (χ0n) is 11.9. The minimum Gasteiger partial charge on any atom is -0.376 e. The zero-order chi connectivity index (χ0) is 13.8. The fourth-order valence-electron chi connectivity index (χ4n) is 2.46. The number of likely N-dealkylation sites (N-methyl/N-ethyl adjacent to an activating group) is 1. The maximum absolute atomic E-state index is 12.5. The summed E-state index contributed by atoms with van der Waals surface area (Å²) >= 11 is 0. The molecule has 0 N–H and O–H groups in total. The Labute approximate surface area is 113 Å². The van der Waals surface area contributed by atoms with E-state index in [1.54, 1.807) is 11.8 Å². The molecule has 1 aromatic heterocycles. The summed E-state index contributed by atoms with van der Waals surface area (Å²) in [6.45, 7) is 5.20. The van der Waals surface area contributed by atoms with Crippen LogP contribution < -0.4 is 0 Å². The van der Waals surface area contributed by atoms with Gasteiger partial charge in [-0.25, -0.2) is 0 Å². The standard InChI is InChI=1S/C14H22N2O3/c1-4-12-13(10(2)15-19-12)14(17)16(3)9-11-7-5-6-8-18-11/h11H,4-9H2,1-3H3/t11-/m0/s1. The average molecular weight is 266 g/mol. The second-order valence-electron chi connectivity index (χ2n) is 5.09. The zero-order valence-corrected chi connectivity index (χ0v) is 11.9. The predicted molar refractivity (Wildman–Crippen MR) is 71.2 cm³/mol. The van der Waals surface area contributed by atoms with Gasteiger partial charge in [0.1, 0.15) is 11.3 Å². The van der Waals surface area contributed by atoms with Crippen LogP contribution in [-0.4, -0.2) is 42.3 Å². The molecule has 1 aromatic rings. The molecule has 1 saturated heterocycles. The van der Waals surface area contributed by atoms with Crippen LogP contribution in [0.2, 0.25) is 0 Å². The first-order valence-corrected chi connectivity index (χ1v) is 6.95. The molecular weight excluding hydrogens is 244 g/mol. The number of hydrogen-bond acceptors (Lipinski definition) is 4. The summed E-state index contributed by atoms with van der Waals surface area (Å²) in [5, 5.41) is 3.88. The topological polar surface area (TPSA) is 55.6 Å². The Morgan fingerprint density at radius 3 is 2.89 bits per heavy atom. The minimum absolute atomic E-state index is 0.0234. The molecule has 19 heavy (non-hydrogen) atoms. The molecule has 2 heterocycles. The summed E-state index contributed by atoms with van der Waals surface area (Å²) < 4.78 is 10.8. The highest BCUT2D eigenvalue weighted by atomic mass is 16.5. The van der Waals surface area contributed by atoms with Gasteiger partial charge in [0.2, 0.25) is 0 Å². The highest BCUT2D eigenvalue weighted by molar-refractivity contribution is 5.96. The molecule has 5 heteroatoms. The maximum Gasteiger partial charge on any atom is 0.259 e. The number of nitrogens with zero attached hydrogens (tertiary/aromatic N) is 2. The molecule has 0 spiro atoms. The number of ether oxygens (including phenoxy) is 1. The Bertz CT molecular complexity index is 436. The predicted octanol–water partition coefficient (Wildman–Crippen LogP) is 2.19. The van der Waals surface area contributed by atoms with E-state index in [0.717, 1.165) is 19.4 Å². The largest absolute Gasteiger partial charge is 0.376 e. The third-order valence-corrected chi connectivity index (χ3v) is 3.57. The first-order valence-electron chi connectivity index (χ1n) is 6.95. The molecule has 1 fully saturated rings. The number of carbonyl (C=O) groups is 1. The van der Waals surface area contributed by atoms with E-state index in [2.05, 4.69) is 5.16 Å². The van der Waals surface area contributed by atoms with Crippen LogP contribution in [0.25, 0.3) is 0 Å².